The van der Waals surface area contributed by atoms with Crippen LogP contribution in [0.1, 0.15) is 18.4 Å². The van der Waals surface area contributed by atoms with Crippen molar-refractivity contribution in [1.82, 2.24) is 0 Å². The van der Waals surface area contributed by atoms with Gasteiger partial charge in [-0.25, -0.2) is 0 Å². The van der Waals surface area contributed by atoms with Gasteiger partial charge in [0.25, 0.3) is 0 Å². The third-order valence-corrected chi connectivity index (χ3v) is 3.06. The molecule has 0 amide bonds. The molecule has 0 saturated carbocycles. The fraction of sp³-hybridized carbons (Fsp3) is 0.462. The van der Waals surface area contributed by atoms with E-state index in [0.717, 1.165) is 24.8 Å². The van der Waals surface area contributed by atoms with Gasteiger partial charge in [-0.1, -0.05) is 17.7 Å². The molecule has 0 aromatic heterocycles. The Kier molecular flexibility index (Phi) is 3.25. The number of benzene rings is 1. The summed E-state index contributed by atoms with van der Waals surface area (Å²) in [6.07, 6.45) is 2.50. The fourth-order valence-electron chi connectivity index (χ4n) is 1.93. The van der Waals surface area contributed by atoms with Crippen molar-refractivity contribution < 1.29 is 9.53 Å². The number of carbonyl (C=O) groups excluding carboxylic acids is 1. The molecule has 1 aliphatic heterocycles. The van der Waals surface area contributed by atoms with E-state index in [2.05, 4.69) is 5.32 Å². The Morgan fingerprint density at radius 3 is 2.44 bits per heavy atom. The number of hydrogen-bond donors (Lipinski definition) is 1. The maximum absolute atomic E-state index is 11.2. The van der Waals surface area contributed by atoms with Crippen LogP contribution in [-0.4, -0.2) is 25.0 Å². The van der Waals surface area contributed by atoms with Gasteiger partial charge < -0.3 is 14.8 Å². The van der Waals surface area contributed by atoms with Crippen LogP contribution in [0.2, 0.25) is 0 Å². The number of ether oxygens (including phenoxy) is 1. The predicted molar refractivity (Wildman–Crippen MR) is 63.6 cm³/mol. The van der Waals surface area contributed by atoms with Crippen LogP contribution in [0.3, 0.4) is 0 Å². The highest BCUT2D eigenvalue weighted by Crippen LogP contribution is 2.24. The first-order valence-corrected chi connectivity index (χ1v) is 5.63. The molecule has 1 aliphatic rings. The van der Waals surface area contributed by atoms with E-state index < -0.39 is 5.54 Å². The number of rotatable bonds is 3. The van der Waals surface area contributed by atoms with Gasteiger partial charge in [0.2, 0.25) is 0 Å². The molecule has 16 heavy (non-hydrogen) atoms. The minimum Gasteiger partial charge on any atom is -0.381 e. The molecule has 0 unspecified atom stereocenters. The Hall–Kier alpha value is -1.35. The lowest BCUT2D eigenvalue weighted by atomic mass is 9.91. The zero-order valence-electron chi connectivity index (χ0n) is 9.53. The summed E-state index contributed by atoms with van der Waals surface area (Å²) in [6, 6.07) is 8.10. The van der Waals surface area contributed by atoms with Crippen molar-refractivity contribution in [1.29, 1.82) is 0 Å². The quantitative estimate of drug-likeness (QED) is 0.792. The van der Waals surface area contributed by atoms with Crippen molar-refractivity contribution in [2.24, 2.45) is 0 Å². The number of carbonyl (C=O) groups is 1. The zero-order valence-corrected chi connectivity index (χ0v) is 9.53. The number of nitrogens with one attached hydrogen (secondary N) is 1. The van der Waals surface area contributed by atoms with Gasteiger partial charge in [-0.05, 0) is 19.1 Å². The monoisotopic (exact) mass is 219 g/mol. The minimum absolute atomic E-state index is 0.437. The summed E-state index contributed by atoms with van der Waals surface area (Å²) in [6.45, 7) is 3.35. The average molecular weight is 219 g/mol. The number of hydrogen-bond acceptors (Lipinski definition) is 3. The molecule has 1 N–H and O–H groups in total. The lowest BCUT2D eigenvalue weighted by Gasteiger charge is -2.33. The summed E-state index contributed by atoms with van der Waals surface area (Å²) in [7, 11) is 0. The third kappa shape index (κ3) is 2.42. The second kappa shape index (κ2) is 4.66. The topological polar surface area (TPSA) is 38.3 Å². The van der Waals surface area contributed by atoms with Gasteiger partial charge in [-0.2, -0.15) is 0 Å². The van der Waals surface area contributed by atoms with E-state index in [-0.39, 0.29) is 0 Å². The van der Waals surface area contributed by atoms with Crippen LogP contribution >= 0.6 is 0 Å². The minimum atomic E-state index is -0.437. The normalized spacial score (nSPS) is 19.1. The van der Waals surface area contributed by atoms with Crippen molar-refractivity contribution in [2.75, 3.05) is 18.5 Å². The Morgan fingerprint density at radius 2 is 1.88 bits per heavy atom. The highest BCUT2D eigenvalue weighted by Gasteiger charge is 2.31. The first kappa shape index (κ1) is 11.1. The predicted octanol–water partition coefficient (Wildman–Crippen LogP) is 2.16. The lowest BCUT2D eigenvalue weighted by molar-refractivity contribution is -0.114. The molecule has 1 fully saturated rings. The van der Waals surface area contributed by atoms with Crippen molar-refractivity contribution in [2.45, 2.75) is 25.3 Å². The van der Waals surface area contributed by atoms with E-state index in [9.17, 15) is 4.79 Å². The molecule has 0 bridgehead atoms. The van der Waals surface area contributed by atoms with Crippen LogP contribution in [0.4, 0.5) is 5.69 Å². The highest BCUT2D eigenvalue weighted by molar-refractivity contribution is 5.71. The van der Waals surface area contributed by atoms with Gasteiger partial charge in [0, 0.05) is 31.7 Å². The summed E-state index contributed by atoms with van der Waals surface area (Å²) in [4.78, 5) is 11.2. The zero-order chi connectivity index (χ0) is 11.4. The molecule has 3 nitrogen and oxygen atoms in total. The SMILES string of the molecule is Cc1ccc(NC2(C=O)CCOCC2)cc1. The van der Waals surface area contributed by atoms with Crippen LogP contribution < -0.4 is 5.32 Å². The molecule has 0 atom stereocenters. The molecular formula is C13H17NO2. The Bertz CT molecular complexity index is 353. The largest absolute Gasteiger partial charge is 0.381 e. The molecule has 1 aromatic rings. The molecule has 1 aromatic carbocycles. The van der Waals surface area contributed by atoms with Crippen LogP contribution in [0, 0.1) is 6.92 Å². The molecule has 1 saturated heterocycles. The van der Waals surface area contributed by atoms with Crippen LogP contribution in [0.15, 0.2) is 24.3 Å². The smallest absolute Gasteiger partial charge is 0.145 e. The Morgan fingerprint density at radius 1 is 1.25 bits per heavy atom. The van der Waals surface area contributed by atoms with Crippen molar-refractivity contribution in [3.63, 3.8) is 0 Å². The van der Waals surface area contributed by atoms with Gasteiger partial charge >= 0.3 is 0 Å². The van der Waals surface area contributed by atoms with Crippen molar-refractivity contribution >= 4 is 12.0 Å². The molecule has 0 aliphatic carbocycles. The molecule has 1 heterocycles. The van der Waals surface area contributed by atoms with E-state index in [0.29, 0.717) is 13.2 Å². The first-order valence-electron chi connectivity index (χ1n) is 5.63. The van der Waals surface area contributed by atoms with Gasteiger partial charge in [0.1, 0.15) is 6.29 Å². The average Bonchev–Trinajstić information content (AvgIpc) is 2.33. The maximum atomic E-state index is 11.2. The first-order chi connectivity index (χ1) is 7.74. The molecule has 3 heteroatoms. The van der Waals surface area contributed by atoms with E-state index in [1.807, 2.05) is 31.2 Å². The van der Waals surface area contributed by atoms with Crippen LogP contribution in [0.25, 0.3) is 0 Å². The Balaban J connectivity index is 2.11. The molecular weight excluding hydrogens is 202 g/mol. The number of aryl methyl sites for hydroxylation is 1. The van der Waals surface area contributed by atoms with E-state index in [4.69, 9.17) is 4.74 Å². The van der Waals surface area contributed by atoms with Gasteiger partial charge in [-0.15, -0.1) is 0 Å². The third-order valence-electron chi connectivity index (χ3n) is 3.06. The van der Waals surface area contributed by atoms with Crippen LogP contribution in [0.5, 0.6) is 0 Å². The summed E-state index contributed by atoms with van der Waals surface area (Å²) in [5.41, 5.74) is 1.78. The summed E-state index contributed by atoms with van der Waals surface area (Å²) < 4.78 is 5.28. The maximum Gasteiger partial charge on any atom is 0.145 e. The standard InChI is InChI=1S/C13H17NO2/c1-11-2-4-12(5-3-11)14-13(10-15)6-8-16-9-7-13/h2-5,10,14H,6-9H2,1H3. The fourth-order valence-corrected chi connectivity index (χ4v) is 1.93. The van der Waals surface area contributed by atoms with Crippen LogP contribution in [-0.2, 0) is 9.53 Å². The molecule has 0 spiro atoms. The number of aldehydes is 1. The van der Waals surface area contributed by atoms with E-state index in [1.54, 1.807) is 0 Å². The van der Waals surface area contributed by atoms with Crippen molar-refractivity contribution in [3.8, 4) is 0 Å². The second-order valence-electron chi connectivity index (χ2n) is 4.38. The summed E-state index contributed by atoms with van der Waals surface area (Å²) >= 11 is 0. The van der Waals surface area contributed by atoms with Gasteiger partial charge in [-0.3, -0.25) is 0 Å². The Labute approximate surface area is 95.8 Å². The molecule has 0 radical (unpaired) electrons. The van der Waals surface area contributed by atoms with E-state index >= 15 is 0 Å². The number of anilines is 1. The molecule has 2 rings (SSSR count). The molecule has 86 valence electrons. The summed E-state index contributed by atoms with van der Waals surface area (Å²) in [5.74, 6) is 0. The second-order valence-corrected chi connectivity index (χ2v) is 4.38. The van der Waals surface area contributed by atoms with Gasteiger partial charge in [0.15, 0.2) is 0 Å². The lowest BCUT2D eigenvalue weighted by Crippen LogP contribution is -2.45. The highest BCUT2D eigenvalue weighted by atomic mass is 16.5. The van der Waals surface area contributed by atoms with Gasteiger partial charge in [0.05, 0.1) is 5.54 Å². The summed E-state index contributed by atoms with van der Waals surface area (Å²) in [5, 5.41) is 3.32. The van der Waals surface area contributed by atoms with Crippen molar-refractivity contribution in [3.05, 3.63) is 29.8 Å². The van der Waals surface area contributed by atoms with E-state index in [1.165, 1.54) is 5.56 Å².